The maximum absolute atomic E-state index is 12.1. The van der Waals surface area contributed by atoms with Crippen LogP contribution in [0.1, 0.15) is 0 Å². The summed E-state index contributed by atoms with van der Waals surface area (Å²) in [5.74, 6) is -0.369. The first-order valence-electron chi connectivity index (χ1n) is 7.16. The highest BCUT2D eigenvalue weighted by atomic mass is 19.4. The first kappa shape index (κ1) is 16.9. The van der Waals surface area contributed by atoms with E-state index in [2.05, 4.69) is 25.5 Å². The van der Waals surface area contributed by atoms with Gasteiger partial charge in [0.05, 0.1) is 23.6 Å². The summed E-state index contributed by atoms with van der Waals surface area (Å²) in [7, 11) is 0. The van der Waals surface area contributed by atoms with Crippen LogP contribution in [0.5, 0.6) is 0 Å². The lowest BCUT2D eigenvalue weighted by Crippen LogP contribution is -2.19. The minimum Gasteiger partial charge on any atom is -0.350 e. The van der Waals surface area contributed by atoms with Crippen molar-refractivity contribution in [2.24, 2.45) is 0 Å². The zero-order chi connectivity index (χ0) is 17.9. The van der Waals surface area contributed by atoms with E-state index in [0.29, 0.717) is 16.7 Å². The lowest BCUT2D eigenvalue weighted by molar-refractivity contribution is -0.182. The number of alkyl halides is 3. The number of nitrogens with one attached hydrogen (secondary N) is 1. The molecule has 0 aliphatic rings. The molecule has 0 atom stereocenters. The fraction of sp³-hybridized carbons (Fsp3) is 0.286. The predicted molar refractivity (Wildman–Crippen MR) is 80.4 cm³/mol. The molecule has 8 nitrogen and oxygen atoms in total. The van der Waals surface area contributed by atoms with Crippen molar-refractivity contribution in [2.75, 3.05) is 11.9 Å². The second kappa shape index (κ2) is 6.89. The Kier molecular flexibility index (Phi) is 4.65. The summed E-state index contributed by atoms with van der Waals surface area (Å²) < 4.78 is 43.1. The number of rotatable bonds is 6. The van der Waals surface area contributed by atoms with Crippen molar-refractivity contribution in [1.29, 1.82) is 0 Å². The molecule has 3 rings (SSSR count). The highest BCUT2D eigenvalue weighted by Gasteiger charge is 2.27. The van der Waals surface area contributed by atoms with Gasteiger partial charge in [-0.25, -0.2) is 9.36 Å². The third kappa shape index (κ3) is 4.53. The van der Waals surface area contributed by atoms with Crippen LogP contribution < -0.4 is 5.32 Å². The van der Waals surface area contributed by atoms with Gasteiger partial charge in [0, 0.05) is 0 Å². The van der Waals surface area contributed by atoms with Gasteiger partial charge in [0.15, 0.2) is 0 Å². The largest absolute Gasteiger partial charge is 0.411 e. The van der Waals surface area contributed by atoms with Crippen molar-refractivity contribution in [3.63, 3.8) is 0 Å². The minimum absolute atomic E-state index is 0.0593. The van der Waals surface area contributed by atoms with Gasteiger partial charge in [0.1, 0.15) is 25.4 Å². The van der Waals surface area contributed by atoms with E-state index in [1.165, 1.54) is 17.1 Å². The fourth-order valence-electron chi connectivity index (χ4n) is 2.12. The van der Waals surface area contributed by atoms with Gasteiger partial charge in [0.25, 0.3) is 0 Å². The molecule has 25 heavy (non-hydrogen) atoms. The van der Waals surface area contributed by atoms with E-state index in [-0.39, 0.29) is 19.2 Å². The molecule has 2 aromatic heterocycles. The maximum atomic E-state index is 12.1. The van der Waals surface area contributed by atoms with Crippen molar-refractivity contribution >= 4 is 22.6 Å². The van der Waals surface area contributed by atoms with Crippen LogP contribution in [0.4, 0.5) is 18.9 Å². The molecule has 11 heteroatoms. The number of benzene rings is 1. The van der Waals surface area contributed by atoms with E-state index in [1.54, 1.807) is 12.1 Å². The highest BCUT2D eigenvalue weighted by molar-refractivity contribution is 5.91. The molecule has 0 aliphatic carbocycles. The Morgan fingerprint density at radius 3 is 2.88 bits per heavy atom. The monoisotopic (exact) mass is 354 g/mol. The zero-order valence-corrected chi connectivity index (χ0v) is 12.8. The molecule has 0 spiro atoms. The third-order valence-corrected chi connectivity index (χ3v) is 3.12. The van der Waals surface area contributed by atoms with Crippen LogP contribution in [-0.2, 0) is 22.8 Å². The fourth-order valence-corrected chi connectivity index (χ4v) is 2.12. The van der Waals surface area contributed by atoms with Gasteiger partial charge < -0.3 is 10.1 Å². The standard InChI is InChI=1S/C14H13F3N6O2/c15-14(16,17)8-25-9-22-6-10(5-18-22)19-13(24)7-23-12-4-2-1-3-11(12)20-21-23/h1-6H,7-9H2,(H,19,24). The molecular formula is C14H13F3N6O2. The number of ether oxygens (including phenoxy) is 1. The number of nitrogens with zero attached hydrogens (tertiary/aromatic N) is 5. The van der Waals surface area contributed by atoms with Gasteiger partial charge in [0.2, 0.25) is 5.91 Å². The maximum Gasteiger partial charge on any atom is 0.411 e. The Balaban J connectivity index is 1.55. The summed E-state index contributed by atoms with van der Waals surface area (Å²) in [5.41, 5.74) is 1.73. The van der Waals surface area contributed by atoms with Crippen LogP contribution in [0, 0.1) is 0 Å². The lowest BCUT2D eigenvalue weighted by atomic mass is 10.3. The molecular weight excluding hydrogens is 341 g/mol. The van der Waals surface area contributed by atoms with E-state index in [1.807, 2.05) is 12.1 Å². The van der Waals surface area contributed by atoms with Crippen LogP contribution in [-0.4, -0.2) is 43.5 Å². The molecule has 1 amide bonds. The first-order valence-corrected chi connectivity index (χ1v) is 7.16. The minimum atomic E-state index is -4.40. The van der Waals surface area contributed by atoms with E-state index >= 15 is 0 Å². The third-order valence-electron chi connectivity index (χ3n) is 3.12. The molecule has 1 aromatic carbocycles. The molecule has 1 N–H and O–H groups in total. The molecule has 0 bridgehead atoms. The SMILES string of the molecule is O=C(Cn1nnc2ccccc21)Nc1cnn(COCC(F)(F)F)c1. The normalized spacial score (nSPS) is 11.8. The number of halogens is 3. The van der Waals surface area contributed by atoms with E-state index < -0.39 is 12.8 Å². The number of carbonyl (C=O) groups excluding carboxylic acids is 1. The van der Waals surface area contributed by atoms with Crippen molar-refractivity contribution in [2.45, 2.75) is 19.5 Å². The zero-order valence-electron chi connectivity index (χ0n) is 12.8. The number of hydrogen-bond donors (Lipinski definition) is 1. The van der Waals surface area contributed by atoms with Crippen LogP contribution in [0.25, 0.3) is 11.0 Å². The second-order valence-corrected chi connectivity index (χ2v) is 5.15. The summed E-state index contributed by atoms with van der Waals surface area (Å²) in [6.45, 7) is -1.80. The van der Waals surface area contributed by atoms with Crippen molar-refractivity contribution in [3.05, 3.63) is 36.7 Å². The number of fused-ring (bicyclic) bond motifs is 1. The smallest absolute Gasteiger partial charge is 0.350 e. The Morgan fingerprint density at radius 1 is 1.28 bits per heavy atom. The summed E-state index contributed by atoms with van der Waals surface area (Å²) >= 11 is 0. The Morgan fingerprint density at radius 2 is 2.08 bits per heavy atom. The van der Waals surface area contributed by atoms with Crippen LogP contribution in [0.15, 0.2) is 36.7 Å². The average molecular weight is 354 g/mol. The summed E-state index contributed by atoms with van der Waals surface area (Å²) in [5, 5.41) is 14.2. The number of aromatic nitrogens is 5. The molecule has 2 heterocycles. The topological polar surface area (TPSA) is 86.9 Å². The molecule has 3 aromatic rings. The van der Waals surface area contributed by atoms with Gasteiger partial charge in [-0.1, -0.05) is 17.3 Å². The van der Waals surface area contributed by atoms with Crippen molar-refractivity contribution < 1.29 is 22.7 Å². The van der Waals surface area contributed by atoms with Crippen LogP contribution in [0.2, 0.25) is 0 Å². The van der Waals surface area contributed by atoms with Crippen molar-refractivity contribution in [1.82, 2.24) is 24.8 Å². The Bertz CT molecular complexity index is 873. The van der Waals surface area contributed by atoms with E-state index in [9.17, 15) is 18.0 Å². The first-order chi connectivity index (χ1) is 11.9. The molecule has 0 unspecified atom stereocenters. The number of para-hydroxylation sites is 1. The molecule has 0 radical (unpaired) electrons. The van der Waals surface area contributed by atoms with E-state index in [4.69, 9.17) is 0 Å². The number of hydrogen-bond acceptors (Lipinski definition) is 5. The predicted octanol–water partition coefficient (Wildman–Crippen LogP) is 1.80. The molecule has 0 aliphatic heterocycles. The van der Waals surface area contributed by atoms with Gasteiger partial charge in [-0.05, 0) is 12.1 Å². The molecule has 132 valence electrons. The summed E-state index contributed by atoms with van der Waals surface area (Å²) in [6.07, 6.45) is -1.72. The van der Waals surface area contributed by atoms with Gasteiger partial charge in [-0.2, -0.15) is 18.3 Å². The second-order valence-electron chi connectivity index (χ2n) is 5.15. The quantitative estimate of drug-likeness (QED) is 0.729. The summed E-state index contributed by atoms with van der Waals surface area (Å²) in [6, 6.07) is 7.20. The average Bonchev–Trinajstić information content (AvgIpc) is 3.14. The van der Waals surface area contributed by atoms with Gasteiger partial charge in [-0.3, -0.25) is 4.79 Å². The Labute approximate surface area is 139 Å². The molecule has 0 fully saturated rings. The lowest BCUT2D eigenvalue weighted by Gasteiger charge is -2.07. The molecule has 0 saturated carbocycles. The number of amides is 1. The Hall–Kier alpha value is -2.95. The van der Waals surface area contributed by atoms with Gasteiger partial charge >= 0.3 is 6.18 Å². The van der Waals surface area contributed by atoms with Crippen molar-refractivity contribution in [3.8, 4) is 0 Å². The highest BCUT2D eigenvalue weighted by Crippen LogP contribution is 2.15. The van der Waals surface area contributed by atoms with E-state index in [0.717, 1.165) is 4.68 Å². The van der Waals surface area contributed by atoms with Crippen LogP contribution in [0.3, 0.4) is 0 Å². The molecule has 0 saturated heterocycles. The number of anilines is 1. The summed E-state index contributed by atoms with van der Waals surface area (Å²) in [4.78, 5) is 12.1. The van der Waals surface area contributed by atoms with Crippen LogP contribution >= 0.6 is 0 Å². The number of carbonyl (C=O) groups is 1. The van der Waals surface area contributed by atoms with Gasteiger partial charge in [-0.15, -0.1) is 5.10 Å².